The predicted molar refractivity (Wildman–Crippen MR) is 63.9 cm³/mol. The first-order valence-electron chi connectivity index (χ1n) is 4.84. The molecule has 1 radical (unpaired) electrons. The zero-order valence-electron chi connectivity index (χ0n) is 8.27. The van der Waals surface area contributed by atoms with Gasteiger partial charge < -0.3 is 0 Å². The Morgan fingerprint density at radius 1 is 1.12 bits per heavy atom. The zero-order valence-corrected chi connectivity index (χ0v) is 9.09. The molecule has 1 nitrogen and oxygen atoms in total. The largest absolute Gasteiger partial charge is 0.254 e. The summed E-state index contributed by atoms with van der Waals surface area (Å²) in [4.78, 5) is 4.00. The van der Waals surface area contributed by atoms with Crippen LogP contribution in [0.15, 0.2) is 41.9 Å². The molecule has 0 aliphatic rings. The van der Waals surface area contributed by atoms with Gasteiger partial charge in [-0.1, -0.05) is 12.1 Å². The summed E-state index contributed by atoms with van der Waals surface area (Å²) < 4.78 is 14.0. The molecule has 0 bridgehead atoms. The van der Waals surface area contributed by atoms with Crippen molar-refractivity contribution >= 4 is 21.4 Å². The highest BCUT2D eigenvalue weighted by molar-refractivity contribution is 7.17. The average Bonchev–Trinajstić information content (AvgIpc) is 2.74. The summed E-state index contributed by atoms with van der Waals surface area (Å²) in [5.41, 5.74) is 2.06. The maximum absolute atomic E-state index is 12.8. The summed E-state index contributed by atoms with van der Waals surface area (Å²) in [5, 5.41) is 3.05. The van der Waals surface area contributed by atoms with E-state index >= 15 is 0 Å². The van der Waals surface area contributed by atoms with Gasteiger partial charge in [0.25, 0.3) is 0 Å². The van der Waals surface area contributed by atoms with Crippen molar-refractivity contribution in [2.45, 2.75) is 0 Å². The van der Waals surface area contributed by atoms with Crippen molar-refractivity contribution < 1.29 is 4.39 Å². The second-order valence-electron chi connectivity index (χ2n) is 3.45. The monoisotopic (exact) mass is 228 g/mol. The number of fused-ring (bicyclic) bond motifs is 1. The van der Waals surface area contributed by atoms with Crippen LogP contribution in [0.4, 0.5) is 4.39 Å². The Hall–Kier alpha value is -1.74. The van der Waals surface area contributed by atoms with Crippen LogP contribution in [-0.2, 0) is 0 Å². The fourth-order valence-corrected chi connectivity index (χ4v) is 2.57. The van der Waals surface area contributed by atoms with E-state index in [1.165, 1.54) is 12.1 Å². The molecule has 3 rings (SSSR count). The van der Waals surface area contributed by atoms with Crippen LogP contribution in [0.1, 0.15) is 0 Å². The molecule has 1 aromatic carbocycles. The molecule has 0 atom stereocenters. The lowest BCUT2D eigenvalue weighted by Gasteiger charge is -1.98. The summed E-state index contributed by atoms with van der Waals surface area (Å²) in [5.74, 6) is -0.217. The van der Waals surface area contributed by atoms with Crippen LogP contribution < -0.4 is 0 Å². The van der Waals surface area contributed by atoms with E-state index in [1.54, 1.807) is 29.7 Å². The van der Waals surface area contributed by atoms with E-state index in [0.717, 1.165) is 21.2 Å². The molecule has 0 aliphatic carbocycles. The number of rotatable bonds is 1. The van der Waals surface area contributed by atoms with Gasteiger partial charge in [-0.05, 0) is 29.1 Å². The predicted octanol–water partition coefficient (Wildman–Crippen LogP) is 3.90. The minimum Gasteiger partial charge on any atom is -0.254 e. The van der Waals surface area contributed by atoms with Crippen LogP contribution in [0.2, 0.25) is 0 Å². The minimum absolute atomic E-state index is 0.217. The fraction of sp³-hybridized carbons (Fsp3) is 0. The van der Waals surface area contributed by atoms with E-state index in [4.69, 9.17) is 0 Å². The van der Waals surface area contributed by atoms with Crippen molar-refractivity contribution in [2.75, 3.05) is 0 Å². The molecule has 0 spiro atoms. The maximum atomic E-state index is 12.8. The van der Waals surface area contributed by atoms with Gasteiger partial charge in [-0.2, -0.15) is 0 Å². The molecule has 2 aromatic heterocycles. The molecular formula is C13H7FNS. The lowest BCUT2D eigenvalue weighted by molar-refractivity contribution is 0.628. The molecule has 77 valence electrons. The van der Waals surface area contributed by atoms with Crippen molar-refractivity contribution in [1.29, 1.82) is 0 Å². The first kappa shape index (κ1) is 9.48. The number of halogens is 1. The Labute approximate surface area is 96.2 Å². The molecule has 3 aromatic rings. The van der Waals surface area contributed by atoms with E-state index in [2.05, 4.69) is 16.6 Å². The Balaban J connectivity index is 2.22. The molecule has 0 saturated carbocycles. The molecule has 0 saturated heterocycles. The number of benzene rings is 1. The smallest absolute Gasteiger partial charge is 0.123 e. The molecule has 2 heterocycles. The molecule has 0 fully saturated rings. The van der Waals surface area contributed by atoms with Gasteiger partial charge in [-0.15, -0.1) is 11.3 Å². The third kappa shape index (κ3) is 1.49. The molecule has 3 heteroatoms. The number of nitrogens with zero attached hydrogens (tertiary/aromatic N) is 1. The third-order valence-corrected chi connectivity index (χ3v) is 3.40. The van der Waals surface area contributed by atoms with Crippen LogP contribution in [0.25, 0.3) is 21.2 Å². The van der Waals surface area contributed by atoms with Gasteiger partial charge in [0.1, 0.15) is 5.82 Å². The molecule has 16 heavy (non-hydrogen) atoms. The van der Waals surface area contributed by atoms with Crippen molar-refractivity contribution in [1.82, 2.24) is 4.98 Å². The zero-order chi connectivity index (χ0) is 11.0. The van der Waals surface area contributed by atoms with Crippen LogP contribution in [0, 0.1) is 12.0 Å². The summed E-state index contributed by atoms with van der Waals surface area (Å²) in [6, 6.07) is 8.45. The SMILES string of the molecule is Fc1ccc(-c2csc3ccn[c]c23)cc1. The fourth-order valence-electron chi connectivity index (χ4n) is 1.66. The number of pyridine rings is 1. The standard InChI is InChI=1S/C13H7FNS/c14-10-3-1-9(2-4-10)12-8-16-13-5-6-15-7-11(12)13/h1-6,8H. The first-order valence-corrected chi connectivity index (χ1v) is 5.72. The number of aromatic nitrogens is 1. The second kappa shape index (κ2) is 3.68. The first-order chi connectivity index (χ1) is 7.84. The molecular weight excluding hydrogens is 221 g/mol. The topological polar surface area (TPSA) is 12.9 Å². The highest BCUT2D eigenvalue weighted by Crippen LogP contribution is 2.32. The van der Waals surface area contributed by atoms with E-state index in [0.29, 0.717) is 0 Å². The van der Waals surface area contributed by atoms with Gasteiger partial charge in [0, 0.05) is 21.8 Å². The van der Waals surface area contributed by atoms with Crippen LogP contribution in [-0.4, -0.2) is 4.98 Å². The van der Waals surface area contributed by atoms with Gasteiger partial charge in [-0.25, -0.2) is 4.39 Å². The molecule has 0 unspecified atom stereocenters. The van der Waals surface area contributed by atoms with Gasteiger partial charge in [0.05, 0.1) is 6.20 Å². The van der Waals surface area contributed by atoms with Crippen molar-refractivity contribution in [2.24, 2.45) is 0 Å². The maximum Gasteiger partial charge on any atom is 0.123 e. The van der Waals surface area contributed by atoms with Gasteiger partial charge in [-0.3, -0.25) is 4.98 Å². The van der Waals surface area contributed by atoms with Gasteiger partial charge in [0.2, 0.25) is 0 Å². The van der Waals surface area contributed by atoms with Crippen molar-refractivity contribution in [3.05, 3.63) is 53.9 Å². The third-order valence-electron chi connectivity index (χ3n) is 2.45. The number of thiophene rings is 1. The number of hydrogen-bond acceptors (Lipinski definition) is 2. The van der Waals surface area contributed by atoms with Gasteiger partial charge >= 0.3 is 0 Å². The quantitative estimate of drug-likeness (QED) is 0.615. The lowest BCUT2D eigenvalue weighted by atomic mass is 10.1. The summed E-state index contributed by atoms with van der Waals surface area (Å²) >= 11 is 1.65. The highest BCUT2D eigenvalue weighted by Gasteiger charge is 2.06. The van der Waals surface area contributed by atoms with Crippen molar-refractivity contribution in [3.63, 3.8) is 0 Å². The van der Waals surface area contributed by atoms with Crippen molar-refractivity contribution in [3.8, 4) is 11.1 Å². The van der Waals surface area contributed by atoms with Crippen LogP contribution >= 0.6 is 11.3 Å². The van der Waals surface area contributed by atoms with Crippen LogP contribution in [0.5, 0.6) is 0 Å². The minimum atomic E-state index is -0.217. The van der Waals surface area contributed by atoms with E-state index in [1.807, 2.05) is 6.07 Å². The average molecular weight is 228 g/mol. The number of hydrogen-bond donors (Lipinski definition) is 0. The van der Waals surface area contributed by atoms with E-state index < -0.39 is 0 Å². The second-order valence-corrected chi connectivity index (χ2v) is 4.36. The Bertz CT molecular complexity index is 628. The normalized spacial score (nSPS) is 10.8. The van der Waals surface area contributed by atoms with E-state index in [-0.39, 0.29) is 5.82 Å². The lowest BCUT2D eigenvalue weighted by Crippen LogP contribution is -1.78. The Morgan fingerprint density at radius 2 is 1.94 bits per heavy atom. The summed E-state index contributed by atoms with van der Waals surface area (Å²) in [7, 11) is 0. The Kier molecular flexibility index (Phi) is 2.18. The van der Waals surface area contributed by atoms with Gasteiger partial charge in [0.15, 0.2) is 0 Å². The van der Waals surface area contributed by atoms with E-state index in [9.17, 15) is 4.39 Å². The van der Waals surface area contributed by atoms with Crippen LogP contribution in [0.3, 0.4) is 0 Å². The summed E-state index contributed by atoms with van der Waals surface area (Å²) in [6.07, 6.45) is 4.71. The molecule has 0 amide bonds. The molecule has 0 N–H and O–H groups in total. The summed E-state index contributed by atoms with van der Waals surface area (Å²) in [6.45, 7) is 0. The Morgan fingerprint density at radius 3 is 2.75 bits per heavy atom. The molecule has 0 aliphatic heterocycles. The highest BCUT2D eigenvalue weighted by atomic mass is 32.1.